The number of rotatable bonds is 7. The average molecular weight is 639 g/mol. The fraction of sp³-hybridized carbons (Fsp3) is 0.367. The molecule has 2 fully saturated rings. The number of alkyl halides is 3. The number of benzene rings is 3. The maximum Gasteiger partial charge on any atom is 0.511 e. The summed E-state index contributed by atoms with van der Waals surface area (Å²) in [6.07, 6.45) is 1.68. The Morgan fingerprint density at radius 3 is 1.93 bits per heavy atom. The molecule has 0 spiro atoms. The van der Waals surface area contributed by atoms with Crippen LogP contribution in [-0.2, 0) is 16.6 Å². The third-order valence-corrected chi connectivity index (χ3v) is 10.4. The van der Waals surface area contributed by atoms with Gasteiger partial charge in [0.05, 0.1) is 23.2 Å². The van der Waals surface area contributed by atoms with E-state index < -0.39 is 34.2 Å². The topological polar surface area (TPSA) is 75.4 Å². The van der Waals surface area contributed by atoms with Crippen molar-refractivity contribution in [3.8, 4) is 0 Å². The molecule has 0 radical (unpaired) electrons. The molecule has 2 aliphatic rings. The number of aromatic nitrogens is 2. The maximum absolute atomic E-state index is 13.1. The van der Waals surface area contributed by atoms with E-state index >= 15 is 0 Å². The van der Waals surface area contributed by atoms with Crippen molar-refractivity contribution in [2.45, 2.75) is 55.2 Å². The van der Waals surface area contributed by atoms with Gasteiger partial charge in [0.25, 0.3) is 0 Å². The number of aliphatic hydroxyl groups is 1. The number of sulfonamides is 1. The van der Waals surface area contributed by atoms with E-state index in [0.29, 0.717) is 14.4 Å². The van der Waals surface area contributed by atoms with Crippen LogP contribution in [0.1, 0.15) is 60.0 Å². The second-order valence-corrected chi connectivity index (χ2v) is 14.0. The number of hydrogen-bond donors (Lipinski definition) is 1. The molecule has 6 nitrogen and oxygen atoms in total. The molecule has 0 atom stereocenters. The molecule has 12 heteroatoms. The first-order chi connectivity index (χ1) is 19.8. The van der Waals surface area contributed by atoms with Gasteiger partial charge in [-0.05, 0) is 78.8 Å². The molecule has 1 N–H and O–H groups in total. The summed E-state index contributed by atoms with van der Waals surface area (Å²) >= 11 is 12.4. The molecule has 1 aliphatic heterocycles. The van der Waals surface area contributed by atoms with Crippen LogP contribution in [0.4, 0.5) is 13.2 Å². The molecule has 222 valence electrons. The SMILES string of the molecule is O=S(=O)(N1CCC(O)(Cn2c(C3CC3)nc3ccc(C(c4ccc(Cl)cc4)c4ccc(Cl)cc4)cc32)CC1)C(F)(F)F. The third-order valence-electron chi connectivity index (χ3n) is 8.22. The van der Waals surface area contributed by atoms with E-state index in [1.54, 1.807) is 0 Å². The Hall–Kier alpha value is -2.63. The lowest BCUT2D eigenvalue weighted by Gasteiger charge is -2.38. The number of halogens is 5. The standard InChI is InChI=1S/C30H28Cl2F3N3O3S/c31-23-8-3-19(4-9-23)27(20-5-10-24(32)11-6-20)22-7-12-25-26(17-22)38(28(36-25)21-1-2-21)18-29(39)13-15-37(16-14-29)42(40,41)30(33,34)35/h3-12,17,21,27,39H,1-2,13-16,18H2. The summed E-state index contributed by atoms with van der Waals surface area (Å²) in [4.78, 5) is 4.89. The third kappa shape index (κ3) is 5.67. The Morgan fingerprint density at radius 1 is 0.905 bits per heavy atom. The van der Waals surface area contributed by atoms with Crippen molar-refractivity contribution in [3.63, 3.8) is 0 Å². The highest BCUT2D eigenvalue weighted by molar-refractivity contribution is 7.90. The molecule has 42 heavy (non-hydrogen) atoms. The summed E-state index contributed by atoms with van der Waals surface area (Å²) in [5, 5.41) is 12.8. The number of nitrogens with zero attached hydrogens (tertiary/aromatic N) is 3. The van der Waals surface area contributed by atoms with Crippen LogP contribution in [0, 0.1) is 0 Å². The monoisotopic (exact) mass is 637 g/mol. The molecule has 2 heterocycles. The lowest BCUT2D eigenvalue weighted by Crippen LogP contribution is -2.51. The molecule has 1 aliphatic carbocycles. The number of hydrogen-bond acceptors (Lipinski definition) is 4. The molecule has 1 saturated heterocycles. The van der Waals surface area contributed by atoms with Crippen LogP contribution in [-0.4, -0.2) is 51.6 Å². The normalized spacial score (nSPS) is 18.2. The fourth-order valence-electron chi connectivity index (χ4n) is 5.79. The van der Waals surface area contributed by atoms with Gasteiger partial charge >= 0.3 is 15.5 Å². The quantitative estimate of drug-likeness (QED) is 0.220. The Morgan fingerprint density at radius 2 is 1.43 bits per heavy atom. The van der Waals surface area contributed by atoms with Crippen molar-refractivity contribution in [2.24, 2.45) is 0 Å². The van der Waals surface area contributed by atoms with Crippen molar-refractivity contribution < 1.29 is 26.7 Å². The first-order valence-corrected chi connectivity index (χ1v) is 15.8. The Bertz CT molecular complexity index is 1670. The summed E-state index contributed by atoms with van der Waals surface area (Å²) in [5.74, 6) is 0.907. The largest absolute Gasteiger partial charge is 0.511 e. The summed E-state index contributed by atoms with van der Waals surface area (Å²) in [6, 6.07) is 21.3. The zero-order valence-corrected chi connectivity index (χ0v) is 24.7. The molecule has 1 saturated carbocycles. The van der Waals surface area contributed by atoms with Crippen molar-refractivity contribution in [1.82, 2.24) is 13.9 Å². The van der Waals surface area contributed by atoms with Gasteiger partial charge in [0.2, 0.25) is 0 Å². The van der Waals surface area contributed by atoms with Crippen LogP contribution < -0.4 is 0 Å². The van der Waals surface area contributed by atoms with Crippen LogP contribution >= 0.6 is 23.2 Å². The van der Waals surface area contributed by atoms with E-state index in [1.165, 1.54) is 0 Å². The van der Waals surface area contributed by atoms with Gasteiger partial charge < -0.3 is 9.67 Å². The minimum atomic E-state index is -5.44. The summed E-state index contributed by atoms with van der Waals surface area (Å²) in [5.41, 5.74) is -2.18. The second kappa shape index (κ2) is 10.8. The Balaban J connectivity index is 1.37. The molecular weight excluding hydrogens is 610 g/mol. The van der Waals surface area contributed by atoms with Gasteiger partial charge in [-0.1, -0.05) is 53.5 Å². The Labute approximate surface area is 251 Å². The van der Waals surface area contributed by atoms with E-state index in [0.717, 1.165) is 46.4 Å². The second-order valence-electron chi connectivity index (χ2n) is 11.2. The molecule has 0 unspecified atom stereocenters. The van der Waals surface area contributed by atoms with Gasteiger partial charge in [-0.25, -0.2) is 13.4 Å². The summed E-state index contributed by atoms with van der Waals surface area (Å²) < 4.78 is 65.6. The minimum Gasteiger partial charge on any atom is -0.388 e. The molecule has 1 aromatic heterocycles. The maximum atomic E-state index is 13.1. The van der Waals surface area contributed by atoms with Crippen molar-refractivity contribution in [3.05, 3.63) is 99.3 Å². The van der Waals surface area contributed by atoms with E-state index in [4.69, 9.17) is 28.2 Å². The molecule has 6 rings (SSSR count). The molecule has 0 bridgehead atoms. The van der Waals surface area contributed by atoms with Crippen LogP contribution in [0.15, 0.2) is 66.7 Å². The molecule has 0 amide bonds. The van der Waals surface area contributed by atoms with Crippen LogP contribution in [0.3, 0.4) is 0 Å². The highest BCUT2D eigenvalue weighted by Gasteiger charge is 2.52. The van der Waals surface area contributed by atoms with E-state index in [1.807, 2.05) is 65.2 Å². The number of imidazole rings is 1. The first kappa shape index (κ1) is 29.4. The highest BCUT2D eigenvalue weighted by atomic mass is 35.5. The predicted molar refractivity (Wildman–Crippen MR) is 156 cm³/mol. The van der Waals surface area contributed by atoms with E-state index in [9.17, 15) is 26.7 Å². The van der Waals surface area contributed by atoms with Crippen LogP contribution in [0.25, 0.3) is 11.0 Å². The minimum absolute atomic E-state index is 0.102. The molecule has 3 aromatic carbocycles. The number of piperidine rings is 1. The average Bonchev–Trinajstić information content (AvgIpc) is 3.73. The number of fused-ring (bicyclic) bond motifs is 1. The van der Waals surface area contributed by atoms with Crippen LogP contribution in [0.2, 0.25) is 10.0 Å². The van der Waals surface area contributed by atoms with Gasteiger partial charge in [0.15, 0.2) is 0 Å². The van der Waals surface area contributed by atoms with Crippen LogP contribution in [0.5, 0.6) is 0 Å². The first-order valence-electron chi connectivity index (χ1n) is 13.6. The van der Waals surface area contributed by atoms with E-state index in [-0.39, 0.29) is 31.2 Å². The van der Waals surface area contributed by atoms with Crippen molar-refractivity contribution >= 4 is 44.3 Å². The summed E-state index contributed by atoms with van der Waals surface area (Å²) in [6.45, 7) is -0.723. The zero-order valence-electron chi connectivity index (χ0n) is 22.4. The highest BCUT2D eigenvalue weighted by Crippen LogP contribution is 2.43. The van der Waals surface area contributed by atoms with E-state index in [2.05, 4.69) is 6.07 Å². The fourth-order valence-corrected chi connectivity index (χ4v) is 6.99. The van der Waals surface area contributed by atoms with Gasteiger partial charge in [0.1, 0.15) is 5.82 Å². The lowest BCUT2D eigenvalue weighted by molar-refractivity contribution is -0.0562. The lowest BCUT2D eigenvalue weighted by atomic mass is 9.85. The summed E-state index contributed by atoms with van der Waals surface area (Å²) in [7, 11) is -5.44. The zero-order chi connectivity index (χ0) is 29.9. The van der Waals surface area contributed by atoms with Gasteiger partial charge in [-0.3, -0.25) is 0 Å². The Kier molecular flexibility index (Phi) is 7.59. The van der Waals surface area contributed by atoms with Crippen molar-refractivity contribution in [1.29, 1.82) is 0 Å². The molecule has 4 aromatic rings. The van der Waals surface area contributed by atoms with Gasteiger partial charge in [-0.2, -0.15) is 17.5 Å². The van der Waals surface area contributed by atoms with Gasteiger partial charge in [-0.15, -0.1) is 0 Å². The predicted octanol–water partition coefficient (Wildman–Crippen LogP) is 7.08. The van der Waals surface area contributed by atoms with Gasteiger partial charge in [0, 0.05) is 35.0 Å². The molecular formula is C30H28Cl2F3N3O3S. The smallest absolute Gasteiger partial charge is 0.388 e. The van der Waals surface area contributed by atoms with Crippen molar-refractivity contribution in [2.75, 3.05) is 13.1 Å².